The second kappa shape index (κ2) is 4.41. The number of fused-ring (bicyclic) bond motifs is 1. The third-order valence-corrected chi connectivity index (χ3v) is 2.55. The van der Waals surface area contributed by atoms with Gasteiger partial charge < -0.3 is 9.62 Å². The van der Waals surface area contributed by atoms with Gasteiger partial charge in [0.25, 0.3) is 0 Å². The van der Waals surface area contributed by atoms with E-state index < -0.39 is 0 Å². The number of rotatable bonds is 2. The molecular formula is C13H13NO3. The van der Waals surface area contributed by atoms with Gasteiger partial charge in [-0.1, -0.05) is 11.6 Å². The molecule has 1 aromatic heterocycles. The Balaban J connectivity index is 2.69. The summed E-state index contributed by atoms with van der Waals surface area (Å²) in [5.74, 6) is 0. The summed E-state index contributed by atoms with van der Waals surface area (Å²) >= 11 is 0. The van der Waals surface area contributed by atoms with Crippen molar-refractivity contribution in [3.63, 3.8) is 0 Å². The Labute approximate surface area is 98.4 Å². The fraction of sp³-hybridized carbons (Fsp3) is 0.231. The third-order valence-electron chi connectivity index (χ3n) is 2.55. The minimum absolute atomic E-state index is 0.177. The molecule has 0 aliphatic rings. The predicted octanol–water partition coefficient (Wildman–Crippen LogP) is 2.05. The van der Waals surface area contributed by atoms with E-state index in [1.54, 1.807) is 19.1 Å². The maximum atomic E-state index is 12.1. The minimum atomic E-state index is -0.177. The molecule has 0 radical (unpaired) electrons. The Kier molecular flexibility index (Phi) is 2.95. The van der Waals surface area contributed by atoms with Crippen molar-refractivity contribution in [2.24, 2.45) is 0 Å². The molecular weight excluding hydrogens is 218 g/mol. The SMILES string of the molecule is CC/[N+]([O-])=C/c1coc2ccc(C)cc2c1=O. The summed E-state index contributed by atoms with van der Waals surface area (Å²) in [5, 5.41) is 11.7. The number of benzene rings is 1. The molecule has 0 aliphatic heterocycles. The molecule has 0 amide bonds. The fourth-order valence-electron chi connectivity index (χ4n) is 1.60. The summed E-state index contributed by atoms with van der Waals surface area (Å²) in [6.45, 7) is 3.92. The molecule has 1 heterocycles. The van der Waals surface area contributed by atoms with E-state index in [1.807, 2.05) is 13.0 Å². The second-order valence-electron chi connectivity index (χ2n) is 3.88. The summed E-state index contributed by atoms with van der Waals surface area (Å²) in [6, 6.07) is 5.39. The molecule has 0 unspecified atom stereocenters. The normalized spacial score (nSPS) is 12.0. The van der Waals surface area contributed by atoms with Crippen LogP contribution < -0.4 is 5.43 Å². The summed E-state index contributed by atoms with van der Waals surface area (Å²) in [6.07, 6.45) is 2.58. The van der Waals surface area contributed by atoms with Crippen LogP contribution in [-0.2, 0) is 0 Å². The molecule has 4 heteroatoms. The average molecular weight is 231 g/mol. The van der Waals surface area contributed by atoms with Crippen LogP contribution in [0.5, 0.6) is 0 Å². The molecule has 2 rings (SSSR count). The van der Waals surface area contributed by atoms with Crippen LogP contribution in [0.25, 0.3) is 11.0 Å². The summed E-state index contributed by atoms with van der Waals surface area (Å²) in [7, 11) is 0. The van der Waals surface area contributed by atoms with Crippen molar-refractivity contribution < 1.29 is 9.16 Å². The number of hydrogen-bond acceptors (Lipinski definition) is 3. The Bertz CT molecular complexity index is 641. The molecule has 0 fully saturated rings. The quantitative estimate of drug-likeness (QED) is 0.344. The first-order chi connectivity index (χ1) is 8.11. The van der Waals surface area contributed by atoms with Gasteiger partial charge in [-0.2, -0.15) is 0 Å². The number of hydrogen-bond donors (Lipinski definition) is 0. The zero-order chi connectivity index (χ0) is 12.4. The highest BCUT2D eigenvalue weighted by atomic mass is 16.5. The van der Waals surface area contributed by atoms with Crippen LogP contribution in [0, 0.1) is 12.1 Å². The topological polar surface area (TPSA) is 56.3 Å². The van der Waals surface area contributed by atoms with Gasteiger partial charge in [-0.15, -0.1) is 0 Å². The first-order valence-corrected chi connectivity index (χ1v) is 5.42. The van der Waals surface area contributed by atoms with E-state index in [0.717, 1.165) is 5.56 Å². The van der Waals surface area contributed by atoms with Crippen molar-refractivity contribution in [1.29, 1.82) is 0 Å². The van der Waals surface area contributed by atoms with Crippen LogP contribution in [-0.4, -0.2) is 17.5 Å². The van der Waals surface area contributed by atoms with Gasteiger partial charge in [-0.25, -0.2) is 4.74 Å². The molecule has 2 aromatic rings. The number of hydroxylamine groups is 1. The lowest BCUT2D eigenvalue weighted by Crippen LogP contribution is -2.13. The Morgan fingerprint density at radius 1 is 1.47 bits per heavy atom. The van der Waals surface area contributed by atoms with Crippen LogP contribution in [0.3, 0.4) is 0 Å². The molecule has 4 nitrogen and oxygen atoms in total. The molecule has 1 aromatic carbocycles. The lowest BCUT2D eigenvalue weighted by atomic mass is 10.1. The summed E-state index contributed by atoms with van der Waals surface area (Å²) in [5.41, 5.74) is 1.62. The number of aryl methyl sites for hydroxylation is 1. The highest BCUT2D eigenvalue weighted by molar-refractivity contribution is 5.84. The maximum Gasteiger partial charge on any atom is 0.205 e. The van der Waals surface area contributed by atoms with Gasteiger partial charge in [-0.05, 0) is 26.0 Å². The largest absolute Gasteiger partial charge is 0.624 e. The van der Waals surface area contributed by atoms with Crippen molar-refractivity contribution in [3.05, 3.63) is 51.0 Å². The number of nitrogens with zero attached hydrogens (tertiary/aromatic N) is 1. The van der Waals surface area contributed by atoms with Crippen molar-refractivity contribution in [2.75, 3.05) is 6.54 Å². The lowest BCUT2D eigenvalue weighted by Gasteiger charge is -2.01. The monoisotopic (exact) mass is 231 g/mol. The van der Waals surface area contributed by atoms with Crippen LogP contribution in [0.2, 0.25) is 0 Å². The average Bonchev–Trinajstić information content (AvgIpc) is 2.33. The first-order valence-electron chi connectivity index (χ1n) is 5.42. The molecule has 0 atom stereocenters. The van der Waals surface area contributed by atoms with E-state index >= 15 is 0 Å². The van der Waals surface area contributed by atoms with E-state index in [2.05, 4.69) is 0 Å². The van der Waals surface area contributed by atoms with E-state index in [4.69, 9.17) is 4.42 Å². The standard InChI is InChI=1S/C13H13NO3/c1-3-14(16)7-10-8-17-12-5-4-9(2)6-11(12)13(10)15/h4-8H,3H2,1-2H3/b14-7-. The van der Waals surface area contributed by atoms with E-state index in [9.17, 15) is 10.0 Å². The zero-order valence-electron chi connectivity index (χ0n) is 9.77. The van der Waals surface area contributed by atoms with Gasteiger partial charge in [0, 0.05) is 0 Å². The van der Waals surface area contributed by atoms with Gasteiger partial charge in [0.1, 0.15) is 17.4 Å². The molecule has 0 spiro atoms. The molecule has 0 aliphatic carbocycles. The highest BCUT2D eigenvalue weighted by Crippen LogP contribution is 2.12. The van der Waals surface area contributed by atoms with E-state index in [1.165, 1.54) is 12.5 Å². The molecule has 88 valence electrons. The van der Waals surface area contributed by atoms with Crippen LogP contribution in [0.1, 0.15) is 18.1 Å². The smallest absolute Gasteiger partial charge is 0.205 e. The van der Waals surface area contributed by atoms with Crippen molar-refractivity contribution in [2.45, 2.75) is 13.8 Å². The van der Waals surface area contributed by atoms with Gasteiger partial charge >= 0.3 is 0 Å². The molecule has 0 saturated carbocycles. The maximum absolute atomic E-state index is 12.1. The molecule has 0 bridgehead atoms. The Hall–Kier alpha value is -2.10. The molecule has 0 N–H and O–H groups in total. The Morgan fingerprint density at radius 3 is 2.94 bits per heavy atom. The molecule has 17 heavy (non-hydrogen) atoms. The van der Waals surface area contributed by atoms with Gasteiger partial charge in [0.05, 0.1) is 5.39 Å². The van der Waals surface area contributed by atoms with Gasteiger partial charge in [0.2, 0.25) is 5.43 Å². The third kappa shape index (κ3) is 2.20. The first kappa shape index (κ1) is 11.4. The summed E-state index contributed by atoms with van der Waals surface area (Å²) in [4.78, 5) is 12.1. The minimum Gasteiger partial charge on any atom is -0.624 e. The van der Waals surface area contributed by atoms with Crippen molar-refractivity contribution in [1.82, 2.24) is 0 Å². The van der Waals surface area contributed by atoms with E-state index in [0.29, 0.717) is 22.3 Å². The van der Waals surface area contributed by atoms with Crippen LogP contribution in [0.4, 0.5) is 0 Å². The van der Waals surface area contributed by atoms with Crippen LogP contribution in [0.15, 0.2) is 33.7 Å². The highest BCUT2D eigenvalue weighted by Gasteiger charge is 2.07. The van der Waals surface area contributed by atoms with Gasteiger partial charge in [0.15, 0.2) is 12.8 Å². The van der Waals surface area contributed by atoms with E-state index in [-0.39, 0.29) is 11.0 Å². The summed E-state index contributed by atoms with van der Waals surface area (Å²) < 4.78 is 6.03. The van der Waals surface area contributed by atoms with Crippen molar-refractivity contribution >= 4 is 17.2 Å². The van der Waals surface area contributed by atoms with Crippen LogP contribution >= 0.6 is 0 Å². The van der Waals surface area contributed by atoms with Crippen molar-refractivity contribution in [3.8, 4) is 0 Å². The zero-order valence-corrected chi connectivity index (χ0v) is 9.77. The Morgan fingerprint density at radius 2 is 2.24 bits per heavy atom. The van der Waals surface area contributed by atoms with Gasteiger partial charge in [-0.3, -0.25) is 4.79 Å². The fourth-order valence-corrected chi connectivity index (χ4v) is 1.60. The second-order valence-corrected chi connectivity index (χ2v) is 3.88. The molecule has 0 saturated heterocycles. The lowest BCUT2D eigenvalue weighted by molar-refractivity contribution is -0.447. The predicted molar refractivity (Wildman–Crippen MR) is 66.6 cm³/mol.